The van der Waals surface area contributed by atoms with Gasteiger partial charge in [-0.25, -0.2) is 0 Å². The molecule has 6 aliphatic rings. The van der Waals surface area contributed by atoms with Crippen LogP contribution in [0.3, 0.4) is 0 Å². The Morgan fingerprint density at radius 1 is 0.792 bits per heavy atom. The minimum atomic E-state index is 0.0574. The van der Waals surface area contributed by atoms with E-state index in [2.05, 4.69) is 129 Å². The van der Waals surface area contributed by atoms with Crippen molar-refractivity contribution >= 4 is 22.4 Å². The molecule has 4 atom stereocenters. The second-order valence-electron chi connectivity index (χ2n) is 15.2. The van der Waals surface area contributed by atoms with E-state index >= 15 is 0 Å². The Bertz CT molecular complexity index is 2210. The van der Waals surface area contributed by atoms with Gasteiger partial charge in [0, 0.05) is 17.4 Å². The van der Waals surface area contributed by atoms with E-state index in [-0.39, 0.29) is 6.10 Å². The van der Waals surface area contributed by atoms with Gasteiger partial charge in [0.25, 0.3) is 0 Å². The first-order chi connectivity index (χ1) is 23.6. The van der Waals surface area contributed by atoms with Crippen molar-refractivity contribution in [3.05, 3.63) is 159 Å². The molecule has 236 valence electrons. The van der Waals surface area contributed by atoms with E-state index in [1.54, 1.807) is 0 Å². The van der Waals surface area contributed by atoms with Crippen LogP contribution >= 0.6 is 0 Å². The molecule has 0 radical (unpaired) electrons. The van der Waals surface area contributed by atoms with Crippen LogP contribution in [-0.2, 0) is 12.8 Å². The fourth-order valence-corrected chi connectivity index (χ4v) is 9.69. The van der Waals surface area contributed by atoms with Gasteiger partial charge in [-0.1, -0.05) is 123 Å². The summed E-state index contributed by atoms with van der Waals surface area (Å²) in [6.45, 7) is 4.69. The van der Waals surface area contributed by atoms with Crippen molar-refractivity contribution in [1.82, 2.24) is 0 Å². The third-order valence-corrected chi connectivity index (χ3v) is 12.2. The molecule has 0 bridgehead atoms. The highest BCUT2D eigenvalue weighted by atomic mass is 16.5. The number of fused-ring (bicyclic) bond motifs is 8. The van der Waals surface area contributed by atoms with Crippen molar-refractivity contribution in [2.24, 2.45) is 17.8 Å². The van der Waals surface area contributed by atoms with E-state index in [9.17, 15) is 0 Å². The van der Waals surface area contributed by atoms with Crippen molar-refractivity contribution in [2.75, 3.05) is 0 Å². The van der Waals surface area contributed by atoms with Gasteiger partial charge in [0.2, 0.25) is 0 Å². The Labute approximate surface area is 284 Å². The van der Waals surface area contributed by atoms with E-state index in [4.69, 9.17) is 4.74 Å². The SMILES string of the molecule is CC(C)C1=CC2C(Oc3cc4ccccc4c4c3C2CC=C4)C(C2=CC=C3C=C(c4ccc5c(c4)CCc4ccccc4-5)CCC3C2)=C1. The standard InChI is InChI=1S/C47H42O/c1-28(2)37-25-43(47-44(26-37)42-13-7-12-41-39-11-6-4-9-34(39)27-45(48-47)46(41)42)36-19-17-31-22-30(15-16-32(31)24-36)33-20-21-40-35(23-33)18-14-29-8-3-5-10-38(29)40/h3-12,17,19-23,25-28,32,42,44,47H,13-16,18,24H2,1-2H3. The molecular weight excluding hydrogens is 581 g/mol. The predicted molar refractivity (Wildman–Crippen MR) is 200 cm³/mol. The number of hydrogen-bond acceptors (Lipinski definition) is 1. The summed E-state index contributed by atoms with van der Waals surface area (Å²) in [6.07, 6.45) is 24.1. The van der Waals surface area contributed by atoms with Crippen molar-refractivity contribution in [1.29, 1.82) is 0 Å². The number of ether oxygens (including phenoxy) is 1. The molecule has 0 spiro atoms. The molecule has 0 amide bonds. The van der Waals surface area contributed by atoms with Crippen LogP contribution in [0.2, 0.25) is 0 Å². The predicted octanol–water partition coefficient (Wildman–Crippen LogP) is 11.8. The molecule has 0 aromatic heterocycles. The van der Waals surface area contributed by atoms with Crippen molar-refractivity contribution in [2.45, 2.75) is 64.4 Å². The smallest absolute Gasteiger partial charge is 0.131 e. The van der Waals surface area contributed by atoms with Gasteiger partial charge >= 0.3 is 0 Å². The molecule has 0 N–H and O–H groups in total. The van der Waals surface area contributed by atoms with Crippen LogP contribution in [0.4, 0.5) is 0 Å². The van der Waals surface area contributed by atoms with Gasteiger partial charge in [-0.15, -0.1) is 0 Å². The first-order valence-corrected chi connectivity index (χ1v) is 18.2. The number of aryl methyl sites for hydroxylation is 2. The third kappa shape index (κ3) is 4.43. The molecule has 10 rings (SSSR count). The maximum absolute atomic E-state index is 7.14. The van der Waals surface area contributed by atoms with Gasteiger partial charge in [-0.2, -0.15) is 0 Å². The van der Waals surface area contributed by atoms with E-state index in [0.29, 0.717) is 23.7 Å². The summed E-state index contributed by atoms with van der Waals surface area (Å²) in [4.78, 5) is 0. The number of benzene rings is 4. The van der Waals surface area contributed by atoms with E-state index in [1.807, 2.05) is 0 Å². The van der Waals surface area contributed by atoms with E-state index in [1.165, 1.54) is 84.0 Å². The molecule has 0 saturated carbocycles. The molecule has 5 aliphatic carbocycles. The van der Waals surface area contributed by atoms with Crippen molar-refractivity contribution in [3.63, 3.8) is 0 Å². The summed E-state index contributed by atoms with van der Waals surface area (Å²) < 4.78 is 7.14. The summed E-state index contributed by atoms with van der Waals surface area (Å²) in [6, 6.07) is 27.3. The highest BCUT2D eigenvalue weighted by Crippen LogP contribution is 2.54. The van der Waals surface area contributed by atoms with Crippen LogP contribution in [0.1, 0.15) is 73.3 Å². The highest BCUT2D eigenvalue weighted by Gasteiger charge is 2.44. The number of allylic oxidation sites excluding steroid dienone is 8. The largest absolute Gasteiger partial charge is 0.485 e. The molecule has 1 aliphatic heterocycles. The van der Waals surface area contributed by atoms with Gasteiger partial charge in [0.15, 0.2) is 0 Å². The number of hydrogen-bond donors (Lipinski definition) is 0. The Kier molecular flexibility index (Phi) is 6.48. The average Bonchev–Trinajstić information content (AvgIpc) is 3.14. The minimum absolute atomic E-state index is 0.0574. The Morgan fingerprint density at radius 2 is 1.65 bits per heavy atom. The molecule has 4 aromatic rings. The molecule has 1 heterocycles. The molecule has 1 nitrogen and oxygen atoms in total. The van der Waals surface area contributed by atoms with Crippen LogP contribution < -0.4 is 4.74 Å². The normalized spacial score (nSPS) is 24.9. The highest BCUT2D eigenvalue weighted by molar-refractivity contribution is 5.95. The van der Waals surface area contributed by atoms with Crippen LogP contribution in [0.5, 0.6) is 5.75 Å². The monoisotopic (exact) mass is 622 g/mol. The summed E-state index contributed by atoms with van der Waals surface area (Å²) in [5.74, 6) is 2.94. The second kappa shape index (κ2) is 11.0. The molecule has 0 fully saturated rings. The molecule has 4 aromatic carbocycles. The fraction of sp³-hybridized carbons (Fsp3) is 0.277. The van der Waals surface area contributed by atoms with Gasteiger partial charge in [0.05, 0.1) is 0 Å². The Morgan fingerprint density at radius 3 is 2.58 bits per heavy atom. The lowest BCUT2D eigenvalue weighted by atomic mass is 9.66. The lowest BCUT2D eigenvalue weighted by Gasteiger charge is -2.44. The Balaban J connectivity index is 0.997. The van der Waals surface area contributed by atoms with Gasteiger partial charge < -0.3 is 4.74 Å². The van der Waals surface area contributed by atoms with Crippen LogP contribution in [0.25, 0.3) is 33.5 Å². The first kappa shape index (κ1) is 28.4. The van der Waals surface area contributed by atoms with E-state index in [0.717, 1.165) is 37.9 Å². The van der Waals surface area contributed by atoms with Gasteiger partial charge in [0.1, 0.15) is 11.9 Å². The summed E-state index contributed by atoms with van der Waals surface area (Å²) in [5, 5.41) is 2.62. The lowest BCUT2D eigenvalue weighted by Crippen LogP contribution is -2.40. The second-order valence-corrected chi connectivity index (χ2v) is 15.2. The summed E-state index contributed by atoms with van der Waals surface area (Å²) in [5.41, 5.74) is 17.4. The molecule has 4 unspecified atom stereocenters. The number of rotatable bonds is 3. The average molecular weight is 623 g/mol. The third-order valence-electron chi connectivity index (χ3n) is 12.2. The Hall–Kier alpha value is -4.62. The van der Waals surface area contributed by atoms with E-state index < -0.39 is 0 Å². The van der Waals surface area contributed by atoms with Crippen molar-refractivity contribution in [3.8, 4) is 16.9 Å². The molecule has 1 heteroatoms. The fourth-order valence-electron chi connectivity index (χ4n) is 9.69. The van der Waals surface area contributed by atoms with Gasteiger partial charge in [-0.05, 0) is 128 Å². The van der Waals surface area contributed by atoms with Crippen LogP contribution in [0, 0.1) is 17.8 Å². The molecule has 0 saturated heterocycles. The summed E-state index contributed by atoms with van der Waals surface area (Å²) >= 11 is 0. The minimum Gasteiger partial charge on any atom is -0.485 e. The van der Waals surface area contributed by atoms with Crippen LogP contribution in [0.15, 0.2) is 132 Å². The molecule has 48 heavy (non-hydrogen) atoms. The first-order valence-electron chi connectivity index (χ1n) is 18.2. The lowest BCUT2D eigenvalue weighted by molar-refractivity contribution is 0.145. The molecular formula is C47H42O. The van der Waals surface area contributed by atoms with Crippen molar-refractivity contribution < 1.29 is 4.74 Å². The van der Waals surface area contributed by atoms with Gasteiger partial charge in [-0.3, -0.25) is 0 Å². The quantitative estimate of drug-likeness (QED) is 0.221. The van der Waals surface area contributed by atoms with Crippen LogP contribution in [-0.4, -0.2) is 6.10 Å². The topological polar surface area (TPSA) is 9.23 Å². The maximum Gasteiger partial charge on any atom is 0.131 e. The zero-order chi connectivity index (χ0) is 31.9. The summed E-state index contributed by atoms with van der Waals surface area (Å²) in [7, 11) is 0. The zero-order valence-electron chi connectivity index (χ0n) is 28.0. The maximum atomic E-state index is 7.14. The zero-order valence-corrected chi connectivity index (χ0v) is 28.0.